The highest BCUT2D eigenvalue weighted by Gasteiger charge is 2.30. The van der Waals surface area contributed by atoms with Gasteiger partial charge in [-0.05, 0) is 54.8 Å². The van der Waals surface area contributed by atoms with E-state index in [1.807, 2.05) is 0 Å². The summed E-state index contributed by atoms with van der Waals surface area (Å²) < 4.78 is 0. The summed E-state index contributed by atoms with van der Waals surface area (Å²) in [4.78, 5) is 52.0. The van der Waals surface area contributed by atoms with Gasteiger partial charge in [0, 0.05) is 29.4 Å². The Hall–Kier alpha value is -2.84. The molecule has 2 saturated heterocycles. The summed E-state index contributed by atoms with van der Waals surface area (Å²) in [5, 5.41) is 3.25. The Labute approximate surface area is 195 Å². The van der Waals surface area contributed by atoms with E-state index in [1.54, 1.807) is 53.4 Å². The average Bonchev–Trinajstić information content (AvgIpc) is 3.12. The van der Waals surface area contributed by atoms with E-state index in [1.165, 1.54) is 4.90 Å². The number of piperidine rings is 1. The zero-order valence-electron chi connectivity index (χ0n) is 17.3. The molecule has 4 rings (SSSR count). The summed E-state index contributed by atoms with van der Waals surface area (Å²) in [6.45, 7) is 1.21. The van der Waals surface area contributed by atoms with Crippen LogP contribution in [0, 0.1) is 5.92 Å². The second kappa shape index (κ2) is 9.75. The first-order valence-electron chi connectivity index (χ1n) is 10.3. The number of nitrogens with one attached hydrogen (secondary N) is 1. The van der Waals surface area contributed by atoms with Crippen molar-refractivity contribution in [2.75, 3.05) is 24.2 Å². The Bertz CT molecular complexity index is 1030. The lowest BCUT2D eigenvalue weighted by Crippen LogP contribution is -2.43. The molecule has 166 valence electrons. The van der Waals surface area contributed by atoms with Crippen LogP contribution < -0.4 is 5.32 Å². The first kappa shape index (κ1) is 22.4. The van der Waals surface area contributed by atoms with Gasteiger partial charge < -0.3 is 10.2 Å². The van der Waals surface area contributed by atoms with E-state index in [4.69, 9.17) is 11.6 Å². The van der Waals surface area contributed by atoms with Crippen molar-refractivity contribution in [3.8, 4) is 0 Å². The number of benzene rings is 2. The van der Waals surface area contributed by atoms with Crippen molar-refractivity contribution in [1.82, 2.24) is 9.80 Å². The predicted molar refractivity (Wildman–Crippen MR) is 124 cm³/mol. The van der Waals surface area contributed by atoms with Crippen molar-refractivity contribution < 1.29 is 19.2 Å². The Morgan fingerprint density at radius 3 is 2.44 bits per heavy atom. The van der Waals surface area contributed by atoms with E-state index < -0.39 is 0 Å². The van der Waals surface area contributed by atoms with Crippen LogP contribution in [-0.2, 0) is 16.1 Å². The maximum absolute atomic E-state index is 12.8. The van der Waals surface area contributed by atoms with E-state index in [9.17, 15) is 19.2 Å². The molecule has 9 heteroatoms. The quantitative estimate of drug-likeness (QED) is 0.711. The molecule has 0 radical (unpaired) electrons. The fourth-order valence-corrected chi connectivity index (χ4v) is 4.66. The summed E-state index contributed by atoms with van der Waals surface area (Å²) >= 11 is 6.91. The number of imide groups is 1. The molecule has 0 bridgehead atoms. The number of halogens is 1. The molecule has 1 atom stereocenters. The van der Waals surface area contributed by atoms with Crippen molar-refractivity contribution in [3.63, 3.8) is 0 Å². The third kappa shape index (κ3) is 5.14. The molecule has 0 spiro atoms. The molecule has 2 aliphatic rings. The highest BCUT2D eigenvalue weighted by molar-refractivity contribution is 8.14. The smallest absolute Gasteiger partial charge is 0.289 e. The maximum atomic E-state index is 12.8. The second-order valence-electron chi connectivity index (χ2n) is 7.82. The molecular formula is C23H22ClN3O4S. The molecule has 1 N–H and O–H groups in total. The number of carbonyl (C=O) groups is 4. The van der Waals surface area contributed by atoms with Gasteiger partial charge in [0.15, 0.2) is 0 Å². The summed E-state index contributed by atoms with van der Waals surface area (Å²) in [7, 11) is 0. The summed E-state index contributed by atoms with van der Waals surface area (Å²) in [5.41, 5.74) is 2.00. The molecule has 7 nitrogen and oxygen atoms in total. The lowest BCUT2D eigenvalue weighted by atomic mass is 9.96. The normalized spacial score (nSPS) is 18.7. The van der Waals surface area contributed by atoms with Gasteiger partial charge in [0.25, 0.3) is 11.1 Å². The molecule has 2 aliphatic heterocycles. The Balaban J connectivity index is 1.34. The van der Waals surface area contributed by atoms with E-state index in [0.717, 1.165) is 23.7 Å². The summed E-state index contributed by atoms with van der Waals surface area (Å²) in [6, 6.07) is 13.8. The number of hydrogen-bond donors (Lipinski definition) is 1. The van der Waals surface area contributed by atoms with Gasteiger partial charge in [0.2, 0.25) is 11.8 Å². The monoisotopic (exact) mass is 471 g/mol. The molecule has 2 aromatic rings. The number of rotatable bonds is 5. The first-order chi connectivity index (χ1) is 15.4. The van der Waals surface area contributed by atoms with E-state index in [-0.39, 0.29) is 41.2 Å². The van der Waals surface area contributed by atoms with Crippen LogP contribution in [0.3, 0.4) is 0 Å². The Morgan fingerprint density at radius 2 is 1.78 bits per heavy atom. The molecule has 2 heterocycles. The minimum Gasteiger partial charge on any atom is -0.338 e. The van der Waals surface area contributed by atoms with Crippen LogP contribution in [-0.4, -0.2) is 51.6 Å². The van der Waals surface area contributed by atoms with Crippen molar-refractivity contribution >= 4 is 52.0 Å². The highest BCUT2D eigenvalue weighted by atomic mass is 35.5. The largest absolute Gasteiger partial charge is 0.338 e. The van der Waals surface area contributed by atoms with Crippen LogP contribution in [0.15, 0.2) is 48.5 Å². The van der Waals surface area contributed by atoms with Crippen molar-refractivity contribution in [2.24, 2.45) is 5.92 Å². The average molecular weight is 472 g/mol. The zero-order chi connectivity index (χ0) is 22.7. The highest BCUT2D eigenvalue weighted by Crippen LogP contribution is 2.23. The van der Waals surface area contributed by atoms with Gasteiger partial charge >= 0.3 is 0 Å². The van der Waals surface area contributed by atoms with Gasteiger partial charge in [-0.3, -0.25) is 24.1 Å². The summed E-state index contributed by atoms with van der Waals surface area (Å²) in [5.74, 6) is -0.532. The molecule has 2 fully saturated rings. The van der Waals surface area contributed by atoms with Crippen molar-refractivity contribution in [3.05, 3.63) is 64.7 Å². The minimum absolute atomic E-state index is 0.104. The fourth-order valence-electron chi connectivity index (χ4n) is 3.80. The molecular weight excluding hydrogens is 450 g/mol. The number of thioether (sulfide) groups is 1. The van der Waals surface area contributed by atoms with Crippen LogP contribution in [0.4, 0.5) is 10.5 Å². The van der Waals surface area contributed by atoms with Crippen LogP contribution in [0.25, 0.3) is 0 Å². The van der Waals surface area contributed by atoms with E-state index >= 15 is 0 Å². The molecule has 32 heavy (non-hydrogen) atoms. The van der Waals surface area contributed by atoms with Gasteiger partial charge in [0.05, 0.1) is 18.2 Å². The predicted octanol–water partition coefficient (Wildman–Crippen LogP) is 4.03. The SMILES string of the molecule is O=C(Nc1ccc(CN2C(=O)CSC2=O)cc1)C1CCCN(C(=O)c2ccc(Cl)cc2)C1. The second-order valence-corrected chi connectivity index (χ2v) is 9.18. The first-order valence-corrected chi connectivity index (χ1v) is 11.7. The Morgan fingerprint density at radius 1 is 1.06 bits per heavy atom. The van der Waals surface area contributed by atoms with Gasteiger partial charge in [-0.1, -0.05) is 35.5 Å². The van der Waals surface area contributed by atoms with Crippen molar-refractivity contribution in [2.45, 2.75) is 19.4 Å². The number of amides is 4. The molecule has 0 aromatic heterocycles. The van der Waals surface area contributed by atoms with Crippen LogP contribution in [0.5, 0.6) is 0 Å². The Kier molecular flexibility index (Phi) is 6.81. The third-order valence-electron chi connectivity index (χ3n) is 5.57. The number of nitrogens with zero attached hydrogens (tertiary/aromatic N) is 2. The van der Waals surface area contributed by atoms with Crippen molar-refractivity contribution in [1.29, 1.82) is 0 Å². The molecule has 0 aliphatic carbocycles. The van der Waals surface area contributed by atoms with Gasteiger partial charge in [-0.15, -0.1) is 0 Å². The standard InChI is InChI=1S/C23H22ClN3O4S/c24-18-7-5-16(6-8-18)22(30)26-11-1-2-17(13-26)21(29)25-19-9-3-15(4-10-19)12-27-20(28)14-32-23(27)31/h3-10,17H,1-2,11-14H2,(H,25,29). The van der Waals surface area contributed by atoms with Crippen LogP contribution >= 0.6 is 23.4 Å². The fraction of sp³-hybridized carbons (Fsp3) is 0.304. The molecule has 2 aromatic carbocycles. The maximum Gasteiger partial charge on any atom is 0.289 e. The topological polar surface area (TPSA) is 86.8 Å². The number of carbonyl (C=O) groups excluding carboxylic acids is 4. The summed E-state index contributed by atoms with van der Waals surface area (Å²) in [6.07, 6.45) is 1.47. The number of likely N-dealkylation sites (tertiary alicyclic amines) is 1. The third-order valence-corrected chi connectivity index (χ3v) is 6.68. The molecule has 4 amide bonds. The number of hydrogen-bond acceptors (Lipinski definition) is 5. The van der Waals surface area contributed by atoms with E-state index in [2.05, 4.69) is 5.32 Å². The van der Waals surface area contributed by atoms with Gasteiger partial charge in [0.1, 0.15) is 0 Å². The van der Waals surface area contributed by atoms with Gasteiger partial charge in [-0.2, -0.15) is 0 Å². The molecule has 1 unspecified atom stereocenters. The van der Waals surface area contributed by atoms with E-state index in [0.29, 0.717) is 35.8 Å². The van der Waals surface area contributed by atoms with Crippen LogP contribution in [0.2, 0.25) is 5.02 Å². The lowest BCUT2D eigenvalue weighted by Gasteiger charge is -2.32. The zero-order valence-corrected chi connectivity index (χ0v) is 18.8. The van der Waals surface area contributed by atoms with Gasteiger partial charge in [-0.25, -0.2) is 0 Å². The lowest BCUT2D eigenvalue weighted by molar-refractivity contribution is -0.125. The minimum atomic E-state index is -0.295. The molecule has 0 saturated carbocycles. The number of anilines is 1. The van der Waals surface area contributed by atoms with Crippen LogP contribution in [0.1, 0.15) is 28.8 Å².